The lowest BCUT2D eigenvalue weighted by Crippen LogP contribution is -2.53. The zero-order valence-corrected chi connectivity index (χ0v) is 44.7. The lowest BCUT2D eigenvalue weighted by atomic mass is 10.00. The van der Waals surface area contributed by atoms with Crippen molar-refractivity contribution in [1.29, 1.82) is 0 Å². The minimum absolute atomic E-state index is 0.359. The largest absolute Gasteiger partial charge is 0.394 e. The van der Waals surface area contributed by atoms with Crippen molar-refractivity contribution in [2.24, 2.45) is 0 Å². The molecule has 0 saturated carbocycles. The van der Waals surface area contributed by atoms with Gasteiger partial charge >= 0.3 is 0 Å². The molecular formula is C61H115NO5. The summed E-state index contributed by atoms with van der Waals surface area (Å²) in [6.45, 7) is 4.04. The van der Waals surface area contributed by atoms with Crippen LogP contribution in [-0.2, 0) is 4.79 Å². The fourth-order valence-electron chi connectivity index (χ4n) is 9.08. The SMILES string of the molecule is CCCCCC/C=C/CC/C=C/CC/C=C/CCCC(O)C(O)C(CO)NC(=O)C(O)CCCCCCCCCCCCCCCCCC/C=C\CCCCCCCCCCCCCCCC. The molecule has 394 valence electrons. The Hall–Kier alpha value is -1.73. The minimum atomic E-state index is -1.29. The molecule has 0 aliphatic heterocycles. The van der Waals surface area contributed by atoms with E-state index in [-0.39, 0.29) is 0 Å². The predicted octanol–water partition coefficient (Wildman–Crippen LogP) is 17.4. The highest BCUT2D eigenvalue weighted by Gasteiger charge is 2.28. The highest BCUT2D eigenvalue weighted by Crippen LogP contribution is 2.17. The van der Waals surface area contributed by atoms with Crippen LogP contribution in [0.5, 0.6) is 0 Å². The predicted molar refractivity (Wildman–Crippen MR) is 293 cm³/mol. The maximum atomic E-state index is 12.6. The van der Waals surface area contributed by atoms with Crippen LogP contribution in [0.15, 0.2) is 48.6 Å². The van der Waals surface area contributed by atoms with Gasteiger partial charge in [-0.15, -0.1) is 0 Å². The number of rotatable bonds is 54. The number of amides is 1. The van der Waals surface area contributed by atoms with Crippen LogP contribution in [0, 0.1) is 0 Å². The first-order chi connectivity index (χ1) is 33.0. The molecule has 0 heterocycles. The first kappa shape index (κ1) is 65.3. The lowest BCUT2D eigenvalue weighted by molar-refractivity contribution is -0.132. The van der Waals surface area contributed by atoms with Gasteiger partial charge in [0.25, 0.3) is 0 Å². The number of nitrogens with one attached hydrogen (secondary N) is 1. The zero-order valence-electron chi connectivity index (χ0n) is 44.7. The van der Waals surface area contributed by atoms with E-state index in [1.54, 1.807) is 0 Å². The summed E-state index contributed by atoms with van der Waals surface area (Å²) in [7, 11) is 0. The van der Waals surface area contributed by atoms with E-state index < -0.39 is 36.9 Å². The Balaban J connectivity index is 3.60. The molecule has 4 atom stereocenters. The molecule has 0 saturated heterocycles. The van der Waals surface area contributed by atoms with Crippen molar-refractivity contribution in [2.75, 3.05) is 6.61 Å². The average Bonchev–Trinajstić information content (AvgIpc) is 3.33. The van der Waals surface area contributed by atoms with Crippen molar-refractivity contribution in [3.05, 3.63) is 48.6 Å². The number of carbonyl (C=O) groups excluding carboxylic acids is 1. The number of aliphatic hydroxyl groups is 4. The van der Waals surface area contributed by atoms with Gasteiger partial charge in [0, 0.05) is 0 Å². The molecule has 67 heavy (non-hydrogen) atoms. The highest BCUT2D eigenvalue weighted by atomic mass is 16.3. The van der Waals surface area contributed by atoms with Crippen molar-refractivity contribution in [3.8, 4) is 0 Å². The summed E-state index contributed by atoms with van der Waals surface area (Å²) in [5.74, 6) is -0.597. The summed E-state index contributed by atoms with van der Waals surface area (Å²) < 4.78 is 0. The average molecular weight is 943 g/mol. The van der Waals surface area contributed by atoms with Crippen LogP contribution in [0.2, 0.25) is 0 Å². The molecule has 0 aromatic heterocycles. The molecule has 0 aliphatic rings. The molecule has 6 nitrogen and oxygen atoms in total. The van der Waals surface area contributed by atoms with E-state index in [1.807, 2.05) is 0 Å². The van der Waals surface area contributed by atoms with Gasteiger partial charge in [0.05, 0.1) is 18.8 Å². The van der Waals surface area contributed by atoms with E-state index in [0.717, 1.165) is 51.4 Å². The Labute approximate surface area is 417 Å². The molecule has 0 rings (SSSR count). The minimum Gasteiger partial charge on any atom is -0.394 e. The van der Waals surface area contributed by atoms with Gasteiger partial charge in [-0.3, -0.25) is 4.79 Å². The fourth-order valence-corrected chi connectivity index (χ4v) is 9.08. The van der Waals surface area contributed by atoms with Crippen molar-refractivity contribution in [1.82, 2.24) is 5.32 Å². The van der Waals surface area contributed by atoms with Crippen LogP contribution in [0.4, 0.5) is 0 Å². The van der Waals surface area contributed by atoms with E-state index in [1.165, 1.54) is 218 Å². The number of allylic oxidation sites excluding steroid dienone is 8. The first-order valence-electron chi connectivity index (χ1n) is 29.5. The normalized spacial score (nSPS) is 14.1. The summed E-state index contributed by atoms with van der Waals surface area (Å²) in [6.07, 6.45) is 70.6. The van der Waals surface area contributed by atoms with Crippen LogP contribution in [0.25, 0.3) is 0 Å². The van der Waals surface area contributed by atoms with Gasteiger partial charge in [-0.25, -0.2) is 0 Å². The second kappa shape index (κ2) is 55.2. The Morgan fingerprint density at radius 3 is 0.955 bits per heavy atom. The van der Waals surface area contributed by atoms with E-state index in [4.69, 9.17) is 0 Å². The van der Waals surface area contributed by atoms with Gasteiger partial charge in [0.1, 0.15) is 12.2 Å². The van der Waals surface area contributed by atoms with E-state index in [9.17, 15) is 25.2 Å². The van der Waals surface area contributed by atoms with Crippen molar-refractivity contribution in [2.45, 2.75) is 327 Å². The Kier molecular flexibility index (Phi) is 53.8. The summed E-state index contributed by atoms with van der Waals surface area (Å²) in [5, 5.41) is 43.9. The number of carbonyl (C=O) groups is 1. The molecule has 4 unspecified atom stereocenters. The molecule has 0 radical (unpaired) electrons. The van der Waals surface area contributed by atoms with E-state index in [2.05, 4.69) is 67.8 Å². The standard InChI is InChI=1S/C61H115NO5/c1-3-5-7-9-11-13-15-17-19-21-22-23-24-25-26-27-28-29-30-31-32-33-34-35-36-37-39-41-43-45-47-49-51-53-55-59(65)61(67)62-57(56-63)60(66)58(64)54-52-50-48-46-44-42-40-38-20-18-16-14-12-10-8-6-4-2/h14,16,27-28,38,40,46,48,57-60,63-66H,3-13,15,17-26,29-37,39,41-45,47,49-56H2,1-2H3,(H,62,67)/b16-14+,28-27-,40-38+,48-46+. The molecule has 0 spiro atoms. The van der Waals surface area contributed by atoms with Crippen LogP contribution >= 0.6 is 0 Å². The second-order valence-corrected chi connectivity index (χ2v) is 20.3. The van der Waals surface area contributed by atoms with Crippen molar-refractivity contribution in [3.63, 3.8) is 0 Å². The monoisotopic (exact) mass is 942 g/mol. The molecule has 0 aromatic rings. The van der Waals surface area contributed by atoms with Crippen molar-refractivity contribution < 1.29 is 25.2 Å². The third kappa shape index (κ3) is 49.1. The van der Waals surface area contributed by atoms with Crippen molar-refractivity contribution >= 4 is 5.91 Å². The number of unbranched alkanes of at least 4 members (excludes halogenated alkanes) is 37. The number of hydrogen-bond acceptors (Lipinski definition) is 5. The Morgan fingerprint density at radius 1 is 0.358 bits per heavy atom. The molecular weight excluding hydrogens is 827 g/mol. The Bertz CT molecular complexity index is 1100. The van der Waals surface area contributed by atoms with Gasteiger partial charge in [0.15, 0.2) is 0 Å². The smallest absolute Gasteiger partial charge is 0.249 e. The van der Waals surface area contributed by atoms with Gasteiger partial charge in [-0.2, -0.15) is 0 Å². The summed E-state index contributed by atoms with van der Waals surface area (Å²) in [4.78, 5) is 12.6. The maximum absolute atomic E-state index is 12.6. The quantitative estimate of drug-likeness (QED) is 0.0308. The van der Waals surface area contributed by atoms with E-state index >= 15 is 0 Å². The molecule has 6 heteroatoms. The third-order valence-electron chi connectivity index (χ3n) is 13.7. The molecule has 1 amide bonds. The maximum Gasteiger partial charge on any atom is 0.249 e. The highest BCUT2D eigenvalue weighted by molar-refractivity contribution is 5.80. The summed E-state index contributed by atoms with van der Waals surface area (Å²) in [6, 6.07) is -1.01. The van der Waals surface area contributed by atoms with E-state index in [0.29, 0.717) is 19.3 Å². The van der Waals surface area contributed by atoms with Crippen LogP contribution in [-0.4, -0.2) is 57.3 Å². The zero-order chi connectivity index (χ0) is 48.8. The molecule has 0 aliphatic carbocycles. The lowest BCUT2D eigenvalue weighted by Gasteiger charge is -2.27. The van der Waals surface area contributed by atoms with Crippen LogP contribution in [0.1, 0.15) is 303 Å². The second-order valence-electron chi connectivity index (χ2n) is 20.3. The fraction of sp³-hybridized carbons (Fsp3) is 0.852. The van der Waals surface area contributed by atoms with Gasteiger partial charge < -0.3 is 25.7 Å². The van der Waals surface area contributed by atoms with Crippen LogP contribution < -0.4 is 5.32 Å². The van der Waals surface area contributed by atoms with Gasteiger partial charge in [-0.1, -0.05) is 262 Å². The summed E-state index contributed by atoms with van der Waals surface area (Å²) >= 11 is 0. The number of hydrogen-bond donors (Lipinski definition) is 5. The topological polar surface area (TPSA) is 110 Å². The first-order valence-corrected chi connectivity index (χ1v) is 29.5. The molecule has 5 N–H and O–H groups in total. The van der Waals surface area contributed by atoms with Gasteiger partial charge in [-0.05, 0) is 89.9 Å². The van der Waals surface area contributed by atoms with Gasteiger partial charge in [0.2, 0.25) is 5.91 Å². The van der Waals surface area contributed by atoms with Crippen LogP contribution in [0.3, 0.4) is 0 Å². The molecule has 0 bridgehead atoms. The number of aliphatic hydroxyl groups excluding tert-OH is 4. The Morgan fingerprint density at radius 2 is 0.627 bits per heavy atom. The third-order valence-corrected chi connectivity index (χ3v) is 13.7. The molecule has 0 fully saturated rings. The summed E-state index contributed by atoms with van der Waals surface area (Å²) in [5.41, 5.74) is 0. The molecule has 0 aromatic carbocycles.